The quantitative estimate of drug-likeness (QED) is 0.879. The van der Waals surface area contributed by atoms with Crippen LogP contribution in [0.15, 0.2) is 29.2 Å². The van der Waals surface area contributed by atoms with Gasteiger partial charge in [0.05, 0.1) is 0 Å². The molecule has 0 bridgehead atoms. The summed E-state index contributed by atoms with van der Waals surface area (Å²) in [4.78, 5) is 12.0. The Kier molecular flexibility index (Phi) is 2.91. The average Bonchev–Trinajstić information content (AvgIpc) is 2.92. The molecule has 18 heavy (non-hydrogen) atoms. The summed E-state index contributed by atoms with van der Waals surface area (Å²) in [5.74, 6) is 0.543. The lowest BCUT2D eigenvalue weighted by atomic mass is 10.0. The molecule has 1 saturated carbocycles. The van der Waals surface area contributed by atoms with Crippen molar-refractivity contribution >= 4 is 5.65 Å². The van der Waals surface area contributed by atoms with Crippen molar-refractivity contribution in [2.45, 2.75) is 38.3 Å². The van der Waals surface area contributed by atoms with E-state index in [1.165, 1.54) is 12.8 Å². The summed E-state index contributed by atoms with van der Waals surface area (Å²) in [6.07, 6.45) is 6.22. The van der Waals surface area contributed by atoms with Crippen molar-refractivity contribution in [3.63, 3.8) is 0 Å². The van der Waals surface area contributed by atoms with Crippen molar-refractivity contribution in [2.75, 3.05) is 0 Å². The number of hydrogen-bond acceptors (Lipinski definition) is 3. The largest absolute Gasteiger partial charge is 0.350 e. The SMILES string of the molecule is NC1CCCC1CCn1nc2ccccn2c1=O. The van der Waals surface area contributed by atoms with Crippen LogP contribution in [0.4, 0.5) is 0 Å². The highest BCUT2D eigenvalue weighted by Crippen LogP contribution is 2.26. The van der Waals surface area contributed by atoms with Gasteiger partial charge in [0.1, 0.15) is 0 Å². The molecule has 2 aromatic rings. The van der Waals surface area contributed by atoms with Crippen LogP contribution in [-0.4, -0.2) is 20.2 Å². The molecular weight excluding hydrogens is 228 g/mol. The monoisotopic (exact) mass is 246 g/mol. The minimum Gasteiger partial charge on any atom is -0.327 e. The van der Waals surface area contributed by atoms with Crippen LogP contribution >= 0.6 is 0 Å². The summed E-state index contributed by atoms with van der Waals surface area (Å²) in [6.45, 7) is 0.666. The van der Waals surface area contributed by atoms with E-state index in [0.717, 1.165) is 12.8 Å². The fourth-order valence-corrected chi connectivity index (χ4v) is 2.83. The Hall–Kier alpha value is -1.62. The smallest absolute Gasteiger partial charge is 0.327 e. The maximum atomic E-state index is 12.0. The molecule has 2 aromatic heterocycles. The molecule has 0 saturated heterocycles. The van der Waals surface area contributed by atoms with Gasteiger partial charge in [-0.05, 0) is 37.3 Å². The number of nitrogens with zero attached hydrogens (tertiary/aromatic N) is 3. The molecule has 0 amide bonds. The fourth-order valence-electron chi connectivity index (χ4n) is 2.83. The minimum atomic E-state index is -0.0582. The van der Waals surface area contributed by atoms with E-state index >= 15 is 0 Å². The van der Waals surface area contributed by atoms with Gasteiger partial charge in [-0.3, -0.25) is 4.40 Å². The Bertz CT molecular complexity index is 600. The highest BCUT2D eigenvalue weighted by atomic mass is 16.2. The van der Waals surface area contributed by atoms with E-state index in [1.54, 1.807) is 15.3 Å². The average molecular weight is 246 g/mol. The second-order valence-electron chi connectivity index (χ2n) is 5.08. The van der Waals surface area contributed by atoms with Gasteiger partial charge in [-0.1, -0.05) is 12.5 Å². The summed E-state index contributed by atoms with van der Waals surface area (Å²) < 4.78 is 3.13. The van der Waals surface area contributed by atoms with Crippen molar-refractivity contribution in [1.29, 1.82) is 0 Å². The van der Waals surface area contributed by atoms with Crippen LogP contribution in [0.5, 0.6) is 0 Å². The van der Waals surface area contributed by atoms with Gasteiger partial charge in [0.25, 0.3) is 0 Å². The number of hydrogen-bond donors (Lipinski definition) is 1. The van der Waals surface area contributed by atoms with Gasteiger partial charge in [0.15, 0.2) is 5.65 Å². The normalized spacial score (nSPS) is 23.8. The molecule has 1 aliphatic rings. The lowest BCUT2D eigenvalue weighted by Crippen LogP contribution is -2.28. The topological polar surface area (TPSA) is 65.3 Å². The Morgan fingerprint density at radius 2 is 2.28 bits per heavy atom. The van der Waals surface area contributed by atoms with Crippen molar-refractivity contribution in [2.24, 2.45) is 11.7 Å². The Balaban J connectivity index is 1.78. The van der Waals surface area contributed by atoms with Crippen molar-refractivity contribution in [3.05, 3.63) is 34.9 Å². The number of pyridine rings is 1. The molecule has 2 atom stereocenters. The van der Waals surface area contributed by atoms with E-state index in [2.05, 4.69) is 5.10 Å². The maximum absolute atomic E-state index is 12.0. The van der Waals surface area contributed by atoms with E-state index in [1.807, 2.05) is 18.2 Å². The predicted molar refractivity (Wildman–Crippen MR) is 69.4 cm³/mol. The molecule has 0 aromatic carbocycles. The van der Waals surface area contributed by atoms with Crippen molar-refractivity contribution in [3.8, 4) is 0 Å². The number of aryl methyl sites for hydroxylation is 1. The molecule has 5 nitrogen and oxygen atoms in total. The standard InChI is InChI=1S/C13H18N4O/c14-11-5-3-4-10(11)7-9-17-13(18)16-8-2-1-6-12(16)15-17/h1-2,6,8,10-11H,3-5,7,9,14H2. The molecular formula is C13H18N4O. The first-order valence-corrected chi connectivity index (χ1v) is 6.55. The Labute approximate surface area is 105 Å². The number of nitrogens with two attached hydrogens (primary N) is 1. The van der Waals surface area contributed by atoms with Crippen LogP contribution in [0, 0.1) is 5.92 Å². The zero-order valence-corrected chi connectivity index (χ0v) is 10.3. The van der Waals surface area contributed by atoms with Gasteiger partial charge in [-0.15, -0.1) is 5.10 Å². The second-order valence-corrected chi connectivity index (χ2v) is 5.08. The number of rotatable bonds is 3. The van der Waals surface area contributed by atoms with Gasteiger partial charge in [-0.25, -0.2) is 9.48 Å². The van der Waals surface area contributed by atoms with Crippen LogP contribution in [0.25, 0.3) is 5.65 Å². The summed E-state index contributed by atoms with van der Waals surface area (Å²) in [6, 6.07) is 5.88. The van der Waals surface area contributed by atoms with E-state index in [-0.39, 0.29) is 5.69 Å². The van der Waals surface area contributed by atoms with Crippen LogP contribution in [0.3, 0.4) is 0 Å². The zero-order valence-electron chi connectivity index (χ0n) is 10.3. The highest BCUT2D eigenvalue weighted by Gasteiger charge is 2.23. The van der Waals surface area contributed by atoms with Crippen LogP contribution in [0.1, 0.15) is 25.7 Å². The molecule has 0 radical (unpaired) electrons. The van der Waals surface area contributed by atoms with Gasteiger partial charge in [0.2, 0.25) is 0 Å². The molecule has 2 N–H and O–H groups in total. The molecule has 96 valence electrons. The molecule has 2 unspecified atom stereocenters. The third kappa shape index (κ3) is 1.95. The van der Waals surface area contributed by atoms with Crippen molar-refractivity contribution < 1.29 is 0 Å². The summed E-state index contributed by atoms with van der Waals surface area (Å²) >= 11 is 0. The van der Waals surface area contributed by atoms with Gasteiger partial charge in [0, 0.05) is 18.8 Å². The summed E-state index contributed by atoms with van der Waals surface area (Å²) in [5, 5.41) is 4.32. The molecule has 1 aliphatic carbocycles. The molecule has 1 fully saturated rings. The second kappa shape index (κ2) is 4.57. The summed E-state index contributed by atoms with van der Waals surface area (Å²) in [5.41, 5.74) is 6.69. The van der Waals surface area contributed by atoms with E-state index in [0.29, 0.717) is 24.2 Å². The molecule has 3 rings (SSSR count). The van der Waals surface area contributed by atoms with Gasteiger partial charge < -0.3 is 5.73 Å². The zero-order chi connectivity index (χ0) is 12.5. The van der Waals surface area contributed by atoms with E-state index in [9.17, 15) is 4.79 Å². The lowest BCUT2D eigenvalue weighted by Gasteiger charge is -2.14. The van der Waals surface area contributed by atoms with E-state index < -0.39 is 0 Å². The van der Waals surface area contributed by atoms with Gasteiger partial charge >= 0.3 is 5.69 Å². The minimum absolute atomic E-state index is 0.0582. The number of aromatic nitrogens is 3. The van der Waals surface area contributed by atoms with E-state index in [4.69, 9.17) is 5.73 Å². The van der Waals surface area contributed by atoms with Crippen LogP contribution < -0.4 is 11.4 Å². The first-order valence-electron chi connectivity index (χ1n) is 6.55. The van der Waals surface area contributed by atoms with Gasteiger partial charge in [-0.2, -0.15) is 0 Å². The predicted octanol–water partition coefficient (Wildman–Crippen LogP) is 1.01. The third-order valence-electron chi connectivity index (χ3n) is 3.92. The van der Waals surface area contributed by atoms with Crippen molar-refractivity contribution in [1.82, 2.24) is 14.2 Å². The molecule has 0 aliphatic heterocycles. The van der Waals surface area contributed by atoms with Crippen LogP contribution in [-0.2, 0) is 6.54 Å². The van der Waals surface area contributed by atoms with Crippen LogP contribution in [0.2, 0.25) is 0 Å². The lowest BCUT2D eigenvalue weighted by molar-refractivity contribution is 0.398. The first kappa shape index (κ1) is 11.5. The summed E-state index contributed by atoms with van der Waals surface area (Å²) in [7, 11) is 0. The Morgan fingerprint density at radius 3 is 3.00 bits per heavy atom. The molecule has 5 heteroatoms. The first-order chi connectivity index (χ1) is 8.75. The highest BCUT2D eigenvalue weighted by molar-refractivity contribution is 5.35. The molecule has 0 spiro atoms. The molecule has 2 heterocycles. The fraction of sp³-hybridized carbons (Fsp3) is 0.538. The Morgan fingerprint density at radius 1 is 1.39 bits per heavy atom. The third-order valence-corrected chi connectivity index (χ3v) is 3.92. The maximum Gasteiger partial charge on any atom is 0.350 e. The number of fused-ring (bicyclic) bond motifs is 1.